The predicted molar refractivity (Wildman–Crippen MR) is 71.3 cm³/mol. The second-order valence-electron chi connectivity index (χ2n) is 4.55. The molecule has 0 spiro atoms. The van der Waals surface area contributed by atoms with Gasteiger partial charge in [-0.2, -0.15) is 10.2 Å². The minimum absolute atomic E-state index is 0.452. The Bertz CT molecular complexity index is 485. The van der Waals surface area contributed by atoms with Gasteiger partial charge in [0.2, 0.25) is 0 Å². The van der Waals surface area contributed by atoms with Gasteiger partial charge in [-0.15, -0.1) is 0 Å². The smallest absolute Gasteiger partial charge is 0.0853 e. The molecule has 1 unspecified atom stereocenters. The molecule has 2 aromatic rings. The second-order valence-corrected chi connectivity index (χ2v) is 4.55. The summed E-state index contributed by atoms with van der Waals surface area (Å²) in [5.41, 5.74) is 2.23. The third-order valence-electron chi connectivity index (χ3n) is 3.18. The lowest BCUT2D eigenvalue weighted by molar-refractivity contribution is 0.470. The Labute approximate surface area is 108 Å². The summed E-state index contributed by atoms with van der Waals surface area (Å²) in [5, 5.41) is 12.1. The fourth-order valence-corrected chi connectivity index (χ4v) is 1.88. The van der Waals surface area contributed by atoms with E-state index in [1.807, 2.05) is 34.9 Å². The Kier molecular flexibility index (Phi) is 4.15. The topological polar surface area (TPSA) is 47.7 Å². The van der Waals surface area contributed by atoms with Crippen LogP contribution in [0.3, 0.4) is 0 Å². The molecule has 2 rings (SSSR count). The van der Waals surface area contributed by atoms with E-state index in [0.29, 0.717) is 6.04 Å². The quantitative estimate of drug-likeness (QED) is 0.847. The highest BCUT2D eigenvalue weighted by Gasteiger charge is 2.07. The van der Waals surface area contributed by atoms with Crippen LogP contribution in [-0.2, 0) is 13.1 Å². The highest BCUT2D eigenvalue weighted by molar-refractivity contribution is 5.05. The van der Waals surface area contributed by atoms with Crippen molar-refractivity contribution < 1.29 is 0 Å². The monoisotopic (exact) mass is 247 g/mol. The fraction of sp³-hybridized carbons (Fsp3) is 0.538. The summed E-state index contributed by atoms with van der Waals surface area (Å²) in [5.74, 6) is 0. The van der Waals surface area contributed by atoms with E-state index >= 15 is 0 Å². The summed E-state index contributed by atoms with van der Waals surface area (Å²) in [4.78, 5) is 0. The van der Waals surface area contributed by atoms with Crippen LogP contribution in [0, 0.1) is 0 Å². The van der Waals surface area contributed by atoms with Crippen LogP contribution in [0.15, 0.2) is 24.5 Å². The number of hydrogen-bond acceptors (Lipinski definition) is 3. The molecule has 0 fully saturated rings. The van der Waals surface area contributed by atoms with Gasteiger partial charge >= 0.3 is 0 Å². The van der Waals surface area contributed by atoms with Crippen molar-refractivity contribution in [2.45, 2.75) is 39.4 Å². The van der Waals surface area contributed by atoms with Crippen LogP contribution >= 0.6 is 0 Å². The molecular weight excluding hydrogens is 226 g/mol. The zero-order valence-electron chi connectivity index (χ0n) is 11.3. The molecular formula is C13H21N5. The minimum Gasteiger partial charge on any atom is -0.314 e. The molecule has 0 aromatic carbocycles. The van der Waals surface area contributed by atoms with Crippen LogP contribution in [0.5, 0.6) is 0 Å². The molecule has 0 aliphatic heterocycles. The van der Waals surface area contributed by atoms with Crippen molar-refractivity contribution in [2.24, 2.45) is 0 Å². The minimum atomic E-state index is 0.452. The van der Waals surface area contributed by atoms with E-state index in [-0.39, 0.29) is 0 Å². The maximum atomic E-state index is 4.59. The third-order valence-corrected chi connectivity index (χ3v) is 3.18. The Morgan fingerprint density at radius 3 is 2.94 bits per heavy atom. The van der Waals surface area contributed by atoms with Crippen LogP contribution in [-0.4, -0.2) is 26.6 Å². The normalized spacial score (nSPS) is 12.8. The SMILES string of the molecule is CCC(C)n1ccc(Cn2nccc2CNC)n1. The van der Waals surface area contributed by atoms with Gasteiger partial charge in [-0.1, -0.05) is 6.92 Å². The van der Waals surface area contributed by atoms with Crippen molar-refractivity contribution in [3.63, 3.8) is 0 Å². The standard InChI is InChI=1S/C13H21N5/c1-4-11(2)17-8-6-12(16-17)10-18-13(9-14-3)5-7-15-18/h5-8,11,14H,4,9-10H2,1-3H3. The van der Waals surface area contributed by atoms with E-state index in [1.165, 1.54) is 5.69 Å². The summed E-state index contributed by atoms with van der Waals surface area (Å²) in [7, 11) is 1.94. The zero-order chi connectivity index (χ0) is 13.0. The van der Waals surface area contributed by atoms with Crippen molar-refractivity contribution in [2.75, 3.05) is 7.05 Å². The predicted octanol–water partition coefficient (Wildman–Crippen LogP) is 1.82. The average molecular weight is 247 g/mol. The molecule has 0 bridgehead atoms. The van der Waals surface area contributed by atoms with Gasteiger partial charge in [-0.05, 0) is 32.5 Å². The number of nitrogens with zero attached hydrogens (tertiary/aromatic N) is 4. The lowest BCUT2D eigenvalue weighted by atomic mass is 10.3. The van der Waals surface area contributed by atoms with Gasteiger partial charge in [0.1, 0.15) is 0 Å². The van der Waals surface area contributed by atoms with Gasteiger partial charge in [-0.3, -0.25) is 9.36 Å². The molecule has 1 atom stereocenters. The summed E-state index contributed by atoms with van der Waals surface area (Å²) in [6.45, 7) is 5.90. The Morgan fingerprint density at radius 1 is 1.39 bits per heavy atom. The largest absolute Gasteiger partial charge is 0.314 e. The van der Waals surface area contributed by atoms with Crippen molar-refractivity contribution in [1.29, 1.82) is 0 Å². The summed E-state index contributed by atoms with van der Waals surface area (Å²) in [6, 6.07) is 4.55. The van der Waals surface area contributed by atoms with E-state index in [1.54, 1.807) is 0 Å². The third kappa shape index (κ3) is 2.79. The van der Waals surface area contributed by atoms with Crippen LogP contribution in [0.2, 0.25) is 0 Å². The summed E-state index contributed by atoms with van der Waals surface area (Å²) in [6.07, 6.45) is 4.97. The Morgan fingerprint density at radius 2 is 2.22 bits per heavy atom. The lowest BCUT2D eigenvalue weighted by Gasteiger charge is -2.08. The molecule has 2 heterocycles. The Hall–Kier alpha value is -1.62. The molecule has 0 aliphatic rings. The van der Waals surface area contributed by atoms with Gasteiger partial charge < -0.3 is 5.32 Å². The van der Waals surface area contributed by atoms with Crippen molar-refractivity contribution in [3.8, 4) is 0 Å². The molecule has 5 heteroatoms. The lowest BCUT2D eigenvalue weighted by Crippen LogP contribution is -2.13. The Balaban J connectivity index is 2.09. The molecule has 18 heavy (non-hydrogen) atoms. The molecule has 1 N–H and O–H groups in total. The van der Waals surface area contributed by atoms with Crippen molar-refractivity contribution in [3.05, 3.63) is 35.9 Å². The number of rotatable bonds is 6. The average Bonchev–Trinajstić information content (AvgIpc) is 3.00. The van der Waals surface area contributed by atoms with E-state index in [4.69, 9.17) is 0 Å². The second kappa shape index (κ2) is 5.82. The van der Waals surface area contributed by atoms with Crippen LogP contribution < -0.4 is 5.32 Å². The number of aromatic nitrogens is 4. The fourth-order valence-electron chi connectivity index (χ4n) is 1.88. The molecule has 98 valence electrons. The van der Waals surface area contributed by atoms with Gasteiger partial charge in [0, 0.05) is 25.0 Å². The van der Waals surface area contributed by atoms with Gasteiger partial charge in [0.05, 0.1) is 17.9 Å². The summed E-state index contributed by atoms with van der Waals surface area (Å²) >= 11 is 0. The first kappa shape index (κ1) is 12.8. The zero-order valence-corrected chi connectivity index (χ0v) is 11.3. The molecule has 0 radical (unpaired) electrons. The molecule has 0 amide bonds. The first-order chi connectivity index (χ1) is 8.74. The van der Waals surface area contributed by atoms with Crippen LogP contribution in [0.4, 0.5) is 0 Å². The molecule has 0 saturated heterocycles. The van der Waals surface area contributed by atoms with Crippen LogP contribution in [0.25, 0.3) is 0 Å². The summed E-state index contributed by atoms with van der Waals surface area (Å²) < 4.78 is 4.01. The van der Waals surface area contributed by atoms with Crippen molar-refractivity contribution in [1.82, 2.24) is 24.9 Å². The number of nitrogens with one attached hydrogen (secondary N) is 1. The van der Waals surface area contributed by atoms with E-state index in [2.05, 4.69) is 35.4 Å². The van der Waals surface area contributed by atoms with E-state index in [9.17, 15) is 0 Å². The molecule has 0 aliphatic carbocycles. The van der Waals surface area contributed by atoms with Gasteiger partial charge in [0.25, 0.3) is 0 Å². The first-order valence-electron chi connectivity index (χ1n) is 6.44. The maximum Gasteiger partial charge on any atom is 0.0853 e. The number of hydrogen-bond donors (Lipinski definition) is 1. The van der Waals surface area contributed by atoms with Crippen LogP contribution in [0.1, 0.15) is 37.7 Å². The highest BCUT2D eigenvalue weighted by atomic mass is 15.3. The molecule has 0 saturated carbocycles. The molecule has 2 aromatic heterocycles. The van der Waals surface area contributed by atoms with E-state index < -0.39 is 0 Å². The van der Waals surface area contributed by atoms with Gasteiger partial charge in [0.15, 0.2) is 0 Å². The highest BCUT2D eigenvalue weighted by Crippen LogP contribution is 2.10. The van der Waals surface area contributed by atoms with E-state index in [0.717, 1.165) is 25.2 Å². The maximum absolute atomic E-state index is 4.59. The first-order valence-corrected chi connectivity index (χ1v) is 6.44. The van der Waals surface area contributed by atoms with Gasteiger partial charge in [-0.25, -0.2) is 0 Å². The molecule has 5 nitrogen and oxygen atoms in total. The van der Waals surface area contributed by atoms with Crippen molar-refractivity contribution >= 4 is 0 Å².